The van der Waals surface area contributed by atoms with Crippen molar-refractivity contribution in [3.63, 3.8) is 0 Å². The van der Waals surface area contributed by atoms with E-state index < -0.39 is 0 Å². The van der Waals surface area contributed by atoms with Gasteiger partial charge in [-0.25, -0.2) is 0 Å². The molecule has 0 rings (SSSR count). The van der Waals surface area contributed by atoms with Crippen molar-refractivity contribution in [1.82, 2.24) is 0 Å². The van der Waals surface area contributed by atoms with Gasteiger partial charge in [-0.3, -0.25) is 0 Å². The van der Waals surface area contributed by atoms with E-state index in [-0.39, 0.29) is 0 Å². The Morgan fingerprint density at radius 3 is 0.615 bits per heavy atom. The molecule has 0 aliphatic rings. The van der Waals surface area contributed by atoms with Crippen LogP contribution in [-0.4, -0.2) is 0 Å². The molecule has 0 saturated carbocycles. The van der Waals surface area contributed by atoms with E-state index in [4.69, 9.17) is 0 Å². The summed E-state index contributed by atoms with van der Waals surface area (Å²) in [6.07, 6.45) is 51.8. The van der Waals surface area contributed by atoms with Crippen LogP contribution in [0.4, 0.5) is 0 Å². The van der Waals surface area contributed by atoms with E-state index in [9.17, 15) is 0 Å². The van der Waals surface area contributed by atoms with Crippen molar-refractivity contribution < 1.29 is 0 Å². The fourth-order valence-corrected chi connectivity index (χ4v) is 6.63. The van der Waals surface area contributed by atoms with Gasteiger partial charge in [0.25, 0.3) is 0 Å². The first kappa shape index (κ1) is 39.0. The van der Waals surface area contributed by atoms with Crippen LogP contribution >= 0.6 is 0 Å². The fraction of sp³-hybridized carbons (Fsp3) is 1.00. The molecule has 1 atom stereocenters. The maximum absolute atomic E-state index is 2.40. The second-order valence-electron chi connectivity index (χ2n) is 13.5. The summed E-state index contributed by atoms with van der Waals surface area (Å²) in [5.74, 6) is 1.03. The summed E-state index contributed by atoms with van der Waals surface area (Å²) in [6.45, 7) is 7.02. The molecule has 0 radical (unpaired) electrons. The van der Waals surface area contributed by atoms with Gasteiger partial charge < -0.3 is 0 Å². The SMILES string of the molecule is CCCCCCCCCCCCCCCCCCCCC(CCC)CCCCCCCCCCCCCCC. The van der Waals surface area contributed by atoms with Gasteiger partial charge in [-0.15, -0.1) is 0 Å². The number of hydrogen-bond acceptors (Lipinski definition) is 0. The van der Waals surface area contributed by atoms with E-state index in [1.165, 1.54) is 225 Å². The summed E-state index contributed by atoms with van der Waals surface area (Å²) >= 11 is 0. The molecule has 0 nitrogen and oxygen atoms in total. The first-order valence-electron chi connectivity index (χ1n) is 19.3. The van der Waals surface area contributed by atoms with Crippen LogP contribution in [0.5, 0.6) is 0 Å². The highest BCUT2D eigenvalue weighted by Gasteiger charge is 2.07. The van der Waals surface area contributed by atoms with Crippen LogP contribution in [0.2, 0.25) is 0 Å². The van der Waals surface area contributed by atoms with Crippen LogP contribution in [-0.2, 0) is 0 Å². The number of unbranched alkanes of at least 4 members (excludes halogenated alkanes) is 29. The smallest absolute Gasteiger partial charge is 0.0414 e. The highest BCUT2D eigenvalue weighted by atomic mass is 14.1. The predicted molar refractivity (Wildman–Crippen MR) is 182 cm³/mol. The lowest BCUT2D eigenvalue weighted by Crippen LogP contribution is -2.00. The topological polar surface area (TPSA) is 0 Å². The summed E-state index contributed by atoms with van der Waals surface area (Å²) < 4.78 is 0. The Bertz CT molecular complexity index is 399. The van der Waals surface area contributed by atoms with Crippen LogP contribution in [0.1, 0.15) is 245 Å². The molecule has 0 aromatic rings. The minimum atomic E-state index is 1.03. The molecule has 0 fully saturated rings. The molecule has 0 amide bonds. The average molecular weight is 549 g/mol. The zero-order valence-electron chi connectivity index (χ0n) is 28.3. The van der Waals surface area contributed by atoms with Crippen LogP contribution in [0, 0.1) is 5.92 Å². The molecule has 0 heteroatoms. The van der Waals surface area contributed by atoms with Crippen molar-refractivity contribution in [3.05, 3.63) is 0 Å². The minimum Gasteiger partial charge on any atom is -0.0654 e. The van der Waals surface area contributed by atoms with Crippen LogP contribution in [0.25, 0.3) is 0 Å². The van der Waals surface area contributed by atoms with Gasteiger partial charge >= 0.3 is 0 Å². The van der Waals surface area contributed by atoms with E-state index in [2.05, 4.69) is 20.8 Å². The molecule has 0 saturated heterocycles. The Balaban J connectivity index is 3.34. The third kappa shape index (κ3) is 34.1. The largest absolute Gasteiger partial charge is 0.0654 e. The van der Waals surface area contributed by atoms with Gasteiger partial charge in [0.05, 0.1) is 0 Å². The van der Waals surface area contributed by atoms with Crippen LogP contribution in [0.15, 0.2) is 0 Å². The van der Waals surface area contributed by atoms with E-state index in [0.29, 0.717) is 0 Å². The molecule has 0 aliphatic heterocycles. The summed E-state index contributed by atoms with van der Waals surface area (Å²) in [7, 11) is 0. The second-order valence-corrected chi connectivity index (χ2v) is 13.5. The summed E-state index contributed by atoms with van der Waals surface area (Å²) in [4.78, 5) is 0. The quantitative estimate of drug-likeness (QED) is 0.0691. The first-order chi connectivity index (χ1) is 19.3. The Morgan fingerprint density at radius 1 is 0.205 bits per heavy atom. The highest BCUT2D eigenvalue weighted by molar-refractivity contribution is 4.61. The van der Waals surface area contributed by atoms with Gasteiger partial charge in [-0.05, 0) is 5.92 Å². The molecule has 0 heterocycles. The van der Waals surface area contributed by atoms with Crippen LogP contribution < -0.4 is 0 Å². The molecule has 0 aromatic heterocycles. The predicted octanol–water partition coefficient (Wildman–Crippen LogP) is 15.3. The van der Waals surface area contributed by atoms with Gasteiger partial charge in [0.2, 0.25) is 0 Å². The fourth-order valence-electron chi connectivity index (χ4n) is 6.63. The Hall–Kier alpha value is 0. The lowest BCUT2D eigenvalue weighted by Gasteiger charge is -2.16. The highest BCUT2D eigenvalue weighted by Crippen LogP contribution is 2.23. The zero-order valence-corrected chi connectivity index (χ0v) is 28.3. The summed E-state index contributed by atoms with van der Waals surface area (Å²) in [5.41, 5.74) is 0. The van der Waals surface area contributed by atoms with E-state index in [0.717, 1.165) is 5.92 Å². The zero-order chi connectivity index (χ0) is 28.3. The second kappa shape index (κ2) is 36.0. The van der Waals surface area contributed by atoms with Crippen molar-refractivity contribution in [2.75, 3.05) is 0 Å². The molecule has 236 valence electrons. The normalized spacial score (nSPS) is 12.4. The van der Waals surface area contributed by atoms with Crippen LogP contribution in [0.3, 0.4) is 0 Å². The molecular formula is C39H80. The lowest BCUT2D eigenvalue weighted by molar-refractivity contribution is 0.376. The summed E-state index contributed by atoms with van der Waals surface area (Å²) in [6, 6.07) is 0. The third-order valence-corrected chi connectivity index (χ3v) is 9.38. The molecule has 0 spiro atoms. The van der Waals surface area contributed by atoms with E-state index in [1.807, 2.05) is 0 Å². The van der Waals surface area contributed by atoms with Crippen molar-refractivity contribution in [2.24, 2.45) is 5.92 Å². The number of hydrogen-bond donors (Lipinski definition) is 0. The monoisotopic (exact) mass is 549 g/mol. The first-order valence-corrected chi connectivity index (χ1v) is 19.3. The van der Waals surface area contributed by atoms with Crippen molar-refractivity contribution in [1.29, 1.82) is 0 Å². The van der Waals surface area contributed by atoms with Crippen molar-refractivity contribution >= 4 is 0 Å². The average Bonchev–Trinajstić information content (AvgIpc) is 2.94. The van der Waals surface area contributed by atoms with Gasteiger partial charge in [0, 0.05) is 0 Å². The maximum Gasteiger partial charge on any atom is -0.0414 e. The minimum absolute atomic E-state index is 1.03. The van der Waals surface area contributed by atoms with Gasteiger partial charge in [0.15, 0.2) is 0 Å². The molecule has 1 unspecified atom stereocenters. The molecular weight excluding hydrogens is 468 g/mol. The standard InChI is InChI=1S/C39H80/c1-4-7-9-11-13-15-17-19-20-21-22-23-25-27-29-31-33-35-38-39(36-6-3)37-34-32-30-28-26-24-18-16-14-12-10-8-5-2/h39H,4-38H2,1-3H3. The van der Waals surface area contributed by atoms with Gasteiger partial charge in [-0.1, -0.05) is 245 Å². The molecule has 0 aromatic carbocycles. The van der Waals surface area contributed by atoms with E-state index >= 15 is 0 Å². The Kier molecular flexibility index (Phi) is 36.0. The molecule has 0 aliphatic carbocycles. The van der Waals surface area contributed by atoms with Crippen molar-refractivity contribution in [2.45, 2.75) is 245 Å². The molecule has 0 N–H and O–H groups in total. The van der Waals surface area contributed by atoms with E-state index in [1.54, 1.807) is 0 Å². The van der Waals surface area contributed by atoms with Crippen molar-refractivity contribution in [3.8, 4) is 0 Å². The summed E-state index contributed by atoms with van der Waals surface area (Å²) in [5, 5.41) is 0. The maximum atomic E-state index is 2.40. The number of rotatable bonds is 35. The Labute approximate surface area is 251 Å². The molecule has 0 bridgehead atoms. The Morgan fingerprint density at radius 2 is 0.410 bits per heavy atom. The molecule has 39 heavy (non-hydrogen) atoms. The third-order valence-electron chi connectivity index (χ3n) is 9.38. The van der Waals surface area contributed by atoms with Gasteiger partial charge in [0.1, 0.15) is 0 Å². The van der Waals surface area contributed by atoms with Gasteiger partial charge in [-0.2, -0.15) is 0 Å². The lowest BCUT2D eigenvalue weighted by atomic mass is 9.90.